The van der Waals surface area contributed by atoms with Crippen LogP contribution in [0.5, 0.6) is 0 Å². The van der Waals surface area contributed by atoms with Crippen molar-refractivity contribution in [1.82, 2.24) is 0 Å². The van der Waals surface area contributed by atoms with Gasteiger partial charge >= 0.3 is 17.9 Å². The minimum absolute atomic E-state index is 0.0614. The SMILES string of the molecule is CCCCCCCCCCCCCCCCCCCC(=O)OC[C@@H](COC(=O)CCCCCCCCCCCCCCCCC(C)C)OC(=O)CCCCCCCCCCCCCCCCCCCCC(C)CC. The number of hydrogen-bond donors (Lipinski definition) is 0. The lowest BCUT2D eigenvalue weighted by Gasteiger charge is -2.18. The summed E-state index contributed by atoms with van der Waals surface area (Å²) in [5, 5.41) is 0. The Morgan fingerprint density at radius 2 is 0.514 bits per heavy atom. The molecule has 0 fully saturated rings. The van der Waals surface area contributed by atoms with Crippen molar-refractivity contribution >= 4 is 17.9 Å². The molecular formula is C68H132O6. The lowest BCUT2D eigenvalue weighted by atomic mass is 9.99. The van der Waals surface area contributed by atoms with E-state index < -0.39 is 6.10 Å². The van der Waals surface area contributed by atoms with Gasteiger partial charge in [0.15, 0.2) is 6.10 Å². The van der Waals surface area contributed by atoms with E-state index in [1.807, 2.05) is 0 Å². The van der Waals surface area contributed by atoms with Crippen molar-refractivity contribution in [2.24, 2.45) is 11.8 Å². The maximum atomic E-state index is 12.9. The fourth-order valence-electron chi connectivity index (χ4n) is 10.6. The number of hydrogen-bond acceptors (Lipinski definition) is 6. The Balaban J connectivity index is 4.28. The zero-order valence-electron chi connectivity index (χ0n) is 51.0. The summed E-state index contributed by atoms with van der Waals surface area (Å²) >= 11 is 0. The molecule has 0 aromatic carbocycles. The van der Waals surface area contributed by atoms with Crippen LogP contribution in [0.3, 0.4) is 0 Å². The predicted molar refractivity (Wildman–Crippen MR) is 321 cm³/mol. The van der Waals surface area contributed by atoms with Crippen LogP contribution in [-0.2, 0) is 28.6 Å². The molecule has 440 valence electrons. The summed E-state index contributed by atoms with van der Waals surface area (Å²) in [6, 6.07) is 0. The number of unbranched alkanes of at least 4 members (excludes halogenated alkanes) is 46. The maximum Gasteiger partial charge on any atom is 0.306 e. The van der Waals surface area contributed by atoms with Crippen molar-refractivity contribution in [2.45, 2.75) is 394 Å². The van der Waals surface area contributed by atoms with Crippen LogP contribution >= 0.6 is 0 Å². The van der Waals surface area contributed by atoms with Crippen LogP contribution in [0.25, 0.3) is 0 Å². The third-order valence-electron chi connectivity index (χ3n) is 16.1. The molecule has 0 aromatic rings. The molecule has 0 bridgehead atoms. The van der Waals surface area contributed by atoms with Crippen molar-refractivity contribution < 1.29 is 28.6 Å². The van der Waals surface area contributed by atoms with Gasteiger partial charge in [-0.15, -0.1) is 0 Å². The van der Waals surface area contributed by atoms with Gasteiger partial charge in [-0.2, -0.15) is 0 Å². The molecule has 74 heavy (non-hydrogen) atoms. The molecule has 0 amide bonds. The molecule has 6 nitrogen and oxygen atoms in total. The molecule has 0 aliphatic carbocycles. The summed E-state index contributed by atoms with van der Waals surface area (Å²) in [6.07, 6.45) is 68.2. The van der Waals surface area contributed by atoms with Crippen LogP contribution < -0.4 is 0 Å². The summed E-state index contributed by atoms with van der Waals surface area (Å²) in [7, 11) is 0. The molecule has 0 aliphatic rings. The fraction of sp³-hybridized carbons (Fsp3) is 0.956. The number of carbonyl (C=O) groups excluding carboxylic acids is 3. The molecule has 0 rings (SSSR count). The van der Waals surface area contributed by atoms with Crippen LogP contribution in [0, 0.1) is 11.8 Å². The monoisotopic (exact) mass is 1050 g/mol. The second-order valence-electron chi connectivity index (χ2n) is 24.2. The van der Waals surface area contributed by atoms with E-state index in [9.17, 15) is 14.4 Å². The van der Waals surface area contributed by atoms with Crippen LogP contribution in [0.2, 0.25) is 0 Å². The maximum absolute atomic E-state index is 12.9. The highest BCUT2D eigenvalue weighted by molar-refractivity contribution is 5.71. The van der Waals surface area contributed by atoms with Gasteiger partial charge in [0.1, 0.15) is 13.2 Å². The molecule has 0 N–H and O–H groups in total. The summed E-state index contributed by atoms with van der Waals surface area (Å²) in [4.78, 5) is 38.4. The first-order valence-corrected chi connectivity index (χ1v) is 33.8. The zero-order valence-corrected chi connectivity index (χ0v) is 51.0. The van der Waals surface area contributed by atoms with Gasteiger partial charge in [-0.3, -0.25) is 14.4 Å². The molecule has 1 unspecified atom stereocenters. The molecular weight excluding hydrogens is 913 g/mol. The van der Waals surface area contributed by atoms with Crippen LogP contribution in [0.1, 0.15) is 388 Å². The average Bonchev–Trinajstić information content (AvgIpc) is 3.39. The second kappa shape index (κ2) is 60.6. The van der Waals surface area contributed by atoms with E-state index in [1.165, 1.54) is 276 Å². The first-order valence-electron chi connectivity index (χ1n) is 33.8. The van der Waals surface area contributed by atoms with Gasteiger partial charge in [0, 0.05) is 19.3 Å². The summed E-state index contributed by atoms with van der Waals surface area (Å²) in [5.74, 6) is 0.927. The lowest BCUT2D eigenvalue weighted by Crippen LogP contribution is -2.30. The van der Waals surface area contributed by atoms with Gasteiger partial charge in [0.25, 0.3) is 0 Å². The molecule has 2 atom stereocenters. The molecule has 0 aromatic heterocycles. The average molecular weight is 1050 g/mol. The first kappa shape index (κ1) is 72.4. The fourth-order valence-corrected chi connectivity index (χ4v) is 10.6. The van der Waals surface area contributed by atoms with Crippen molar-refractivity contribution in [3.8, 4) is 0 Å². The minimum atomic E-state index is -0.764. The van der Waals surface area contributed by atoms with Gasteiger partial charge in [-0.05, 0) is 31.1 Å². The number of ether oxygens (including phenoxy) is 3. The standard InChI is InChI=1S/C68H132O6/c1-6-8-9-10-11-12-13-14-15-18-22-28-33-38-43-48-53-58-66(69)72-61-65(62-73-67(70)59-54-49-44-39-34-29-25-24-26-31-36-41-46-51-56-63(3)4)74-68(71)60-55-50-45-40-35-30-23-20-17-16-19-21-27-32-37-42-47-52-57-64(5)7-2/h63-65H,6-62H2,1-5H3/t64?,65-/m0/s1. The lowest BCUT2D eigenvalue weighted by molar-refractivity contribution is -0.167. The third kappa shape index (κ3) is 59.7. The minimum Gasteiger partial charge on any atom is -0.462 e. The predicted octanol–water partition coefficient (Wildman–Crippen LogP) is 22.8. The Labute approximate surface area is 463 Å². The number of carbonyl (C=O) groups is 3. The molecule has 0 radical (unpaired) electrons. The van der Waals surface area contributed by atoms with Crippen LogP contribution in [0.15, 0.2) is 0 Å². The van der Waals surface area contributed by atoms with Crippen LogP contribution in [0.4, 0.5) is 0 Å². The Morgan fingerprint density at radius 3 is 0.770 bits per heavy atom. The van der Waals surface area contributed by atoms with Crippen molar-refractivity contribution in [1.29, 1.82) is 0 Å². The van der Waals surface area contributed by atoms with E-state index in [0.29, 0.717) is 19.3 Å². The zero-order chi connectivity index (χ0) is 53.9. The second-order valence-corrected chi connectivity index (χ2v) is 24.2. The largest absolute Gasteiger partial charge is 0.462 e. The molecule has 0 aliphatic heterocycles. The molecule has 0 saturated carbocycles. The summed E-state index contributed by atoms with van der Waals surface area (Å²) in [5.41, 5.74) is 0. The molecule has 0 saturated heterocycles. The smallest absolute Gasteiger partial charge is 0.306 e. The third-order valence-corrected chi connectivity index (χ3v) is 16.1. The Bertz CT molecular complexity index is 1140. The van der Waals surface area contributed by atoms with Crippen molar-refractivity contribution in [3.63, 3.8) is 0 Å². The van der Waals surface area contributed by atoms with Gasteiger partial charge in [0.05, 0.1) is 0 Å². The van der Waals surface area contributed by atoms with Gasteiger partial charge in [0.2, 0.25) is 0 Å². The molecule has 6 heteroatoms. The Morgan fingerprint density at radius 1 is 0.284 bits per heavy atom. The van der Waals surface area contributed by atoms with E-state index in [2.05, 4.69) is 34.6 Å². The Hall–Kier alpha value is -1.59. The van der Waals surface area contributed by atoms with Crippen molar-refractivity contribution in [3.05, 3.63) is 0 Å². The highest BCUT2D eigenvalue weighted by Crippen LogP contribution is 2.20. The number of esters is 3. The van der Waals surface area contributed by atoms with Crippen molar-refractivity contribution in [2.75, 3.05) is 13.2 Å². The molecule has 0 heterocycles. The van der Waals surface area contributed by atoms with Gasteiger partial charge in [-0.1, -0.05) is 349 Å². The quantitative estimate of drug-likeness (QED) is 0.0343. The van der Waals surface area contributed by atoms with E-state index in [1.54, 1.807) is 0 Å². The van der Waals surface area contributed by atoms with Crippen LogP contribution in [-0.4, -0.2) is 37.2 Å². The summed E-state index contributed by atoms with van der Waals surface area (Å²) < 4.78 is 17.0. The van der Waals surface area contributed by atoms with E-state index >= 15 is 0 Å². The molecule has 0 spiro atoms. The highest BCUT2D eigenvalue weighted by Gasteiger charge is 2.20. The van der Waals surface area contributed by atoms with E-state index in [0.717, 1.165) is 69.6 Å². The highest BCUT2D eigenvalue weighted by atomic mass is 16.6. The van der Waals surface area contributed by atoms with Gasteiger partial charge in [-0.25, -0.2) is 0 Å². The van der Waals surface area contributed by atoms with E-state index in [4.69, 9.17) is 14.2 Å². The van der Waals surface area contributed by atoms with E-state index in [-0.39, 0.29) is 31.1 Å². The first-order chi connectivity index (χ1) is 36.3. The normalized spacial score (nSPS) is 12.4. The van der Waals surface area contributed by atoms with Gasteiger partial charge < -0.3 is 14.2 Å². The summed E-state index contributed by atoms with van der Waals surface area (Å²) in [6.45, 7) is 11.5. The topological polar surface area (TPSA) is 78.9 Å². The Kier molecular flexibility index (Phi) is 59.3. The number of rotatable bonds is 62.